The van der Waals surface area contributed by atoms with Crippen LogP contribution < -0.4 is 0 Å². The summed E-state index contributed by atoms with van der Waals surface area (Å²) in [7, 11) is 1.95. The van der Waals surface area contributed by atoms with Crippen molar-refractivity contribution in [1.82, 2.24) is 0 Å². The van der Waals surface area contributed by atoms with Crippen LogP contribution in [0, 0.1) is 0 Å². The molecule has 0 aliphatic carbocycles. The van der Waals surface area contributed by atoms with Crippen LogP contribution in [-0.2, 0) is 28.2 Å². The number of rotatable bonds is 37. The van der Waals surface area contributed by atoms with Gasteiger partial charge in [-0.1, -0.05) is 168 Å². The summed E-state index contributed by atoms with van der Waals surface area (Å²) in [6.45, 7) is 4.52. The van der Waals surface area contributed by atoms with Crippen molar-refractivity contribution >= 4 is 19.5 Å². The number of nitrogens with zero attached hydrogens (tertiary/aromatic N) is 1. The highest BCUT2D eigenvalue weighted by molar-refractivity contribution is 7.52. The lowest BCUT2D eigenvalue weighted by atomic mass is 10.0. The summed E-state index contributed by atoms with van der Waals surface area (Å²) in [4.78, 5) is 35.4. The molecule has 0 spiro atoms. The molecule has 0 aromatic heterocycles. The van der Waals surface area contributed by atoms with Crippen LogP contribution in [0.5, 0.6) is 0 Å². The fraction of sp³-hybridized carbons (Fsp3) is 0.950. The first-order valence-electron chi connectivity index (χ1n) is 20.6. The van der Waals surface area contributed by atoms with E-state index in [-0.39, 0.29) is 37.7 Å². The molecular formula is C40H81NO7P+. The Bertz CT molecular complexity index is 817. The molecule has 8 nitrogen and oxygen atoms in total. The molecule has 9 heteroatoms. The van der Waals surface area contributed by atoms with Gasteiger partial charge >= 0.3 is 19.5 Å². The Hall–Kier alpha value is -0.950. The molecule has 0 aromatic rings. The Labute approximate surface area is 303 Å². The van der Waals surface area contributed by atoms with E-state index in [1.807, 2.05) is 21.1 Å². The zero-order valence-corrected chi connectivity index (χ0v) is 33.9. The second-order valence-corrected chi connectivity index (χ2v) is 17.4. The number of hydrogen-bond acceptors (Lipinski definition) is 6. The maximum absolute atomic E-state index is 12.6. The van der Waals surface area contributed by atoms with E-state index in [1.54, 1.807) is 0 Å². The van der Waals surface area contributed by atoms with Gasteiger partial charge in [-0.3, -0.25) is 14.2 Å². The van der Waals surface area contributed by atoms with Gasteiger partial charge in [-0.25, -0.2) is 0 Å². The third-order valence-corrected chi connectivity index (χ3v) is 10.5. The molecule has 0 fully saturated rings. The minimum Gasteiger partial charge on any atom is -0.462 e. The highest BCUT2D eigenvalue weighted by Gasteiger charge is 2.27. The average Bonchev–Trinajstić information content (AvgIpc) is 3.05. The molecule has 0 saturated heterocycles. The lowest BCUT2D eigenvalue weighted by Gasteiger charge is -2.25. The predicted molar refractivity (Wildman–Crippen MR) is 205 cm³/mol. The molecular weight excluding hydrogens is 637 g/mol. The molecule has 0 heterocycles. The molecule has 0 aliphatic rings. The quantitative estimate of drug-likeness (QED) is 0.0295. The third kappa shape index (κ3) is 36.6. The predicted octanol–water partition coefficient (Wildman–Crippen LogP) is 11.3. The molecule has 0 saturated carbocycles. The molecule has 0 aromatic carbocycles. The summed E-state index contributed by atoms with van der Waals surface area (Å²) in [5.41, 5.74) is 0. The van der Waals surface area contributed by atoms with Crippen LogP contribution in [0.25, 0.3) is 0 Å². The zero-order chi connectivity index (χ0) is 36.5. The fourth-order valence-electron chi connectivity index (χ4n) is 5.88. The van der Waals surface area contributed by atoms with Crippen molar-refractivity contribution in [2.75, 3.05) is 47.1 Å². The van der Waals surface area contributed by atoms with Crippen LogP contribution >= 0.6 is 7.60 Å². The lowest BCUT2D eigenvalue weighted by molar-refractivity contribution is -0.867. The summed E-state index contributed by atoms with van der Waals surface area (Å²) in [5.74, 6) is -0.721. The van der Waals surface area contributed by atoms with Gasteiger partial charge in [0.05, 0.1) is 40.5 Å². The van der Waals surface area contributed by atoms with Gasteiger partial charge in [0.1, 0.15) is 6.61 Å². The number of esters is 2. The van der Waals surface area contributed by atoms with Gasteiger partial charge in [0.25, 0.3) is 0 Å². The second-order valence-electron chi connectivity index (χ2n) is 15.5. The van der Waals surface area contributed by atoms with Crippen molar-refractivity contribution in [3.8, 4) is 0 Å². The molecule has 292 valence electrons. The van der Waals surface area contributed by atoms with Crippen LogP contribution in [0.3, 0.4) is 0 Å². The van der Waals surface area contributed by atoms with Crippen molar-refractivity contribution in [3.05, 3.63) is 0 Å². The Morgan fingerprint density at radius 1 is 0.551 bits per heavy atom. The summed E-state index contributed by atoms with van der Waals surface area (Å²) >= 11 is 0. The van der Waals surface area contributed by atoms with Gasteiger partial charge < -0.3 is 23.4 Å². The molecule has 1 N–H and O–H groups in total. The van der Waals surface area contributed by atoms with Gasteiger partial charge in [0.2, 0.25) is 0 Å². The molecule has 0 rings (SSSR count). The first-order chi connectivity index (χ1) is 23.5. The maximum atomic E-state index is 12.6. The van der Waals surface area contributed by atoms with Crippen molar-refractivity contribution in [1.29, 1.82) is 0 Å². The van der Waals surface area contributed by atoms with Crippen LogP contribution in [0.1, 0.15) is 194 Å². The Morgan fingerprint density at radius 3 is 1.27 bits per heavy atom. The lowest BCUT2D eigenvalue weighted by Crippen LogP contribution is -2.37. The summed E-state index contributed by atoms with van der Waals surface area (Å²) in [5, 5.41) is 0. The number of hydrogen-bond donors (Lipinski definition) is 1. The van der Waals surface area contributed by atoms with E-state index in [1.165, 1.54) is 128 Å². The van der Waals surface area contributed by atoms with E-state index < -0.39 is 13.7 Å². The third-order valence-electron chi connectivity index (χ3n) is 9.21. The topological polar surface area (TPSA) is 99.1 Å². The largest absolute Gasteiger partial charge is 0.462 e. The second kappa shape index (κ2) is 32.9. The SMILES string of the molecule is CCCCCCCCCCCCCCCC(=O)OC[C@@H](COP(=O)(O)CC[N+](C)(C)C)OC(=O)CCCCCCCCCCCCCCC. The van der Waals surface area contributed by atoms with E-state index in [0.717, 1.165) is 38.5 Å². The number of carbonyl (C=O) groups is 2. The van der Waals surface area contributed by atoms with Gasteiger partial charge in [0.15, 0.2) is 6.10 Å². The summed E-state index contributed by atoms with van der Waals surface area (Å²) in [6, 6.07) is 0. The molecule has 0 bridgehead atoms. The van der Waals surface area contributed by atoms with E-state index in [9.17, 15) is 19.0 Å². The number of unbranched alkanes of at least 4 members (excludes halogenated alkanes) is 24. The van der Waals surface area contributed by atoms with Gasteiger partial charge in [-0.05, 0) is 12.8 Å². The normalized spacial score (nSPS) is 13.7. The summed E-state index contributed by atoms with van der Waals surface area (Å²) < 4.78 is 29.5. The van der Waals surface area contributed by atoms with Crippen LogP contribution in [-0.4, -0.2) is 74.5 Å². The van der Waals surface area contributed by atoms with Gasteiger partial charge in [0, 0.05) is 12.8 Å². The van der Waals surface area contributed by atoms with Crippen molar-refractivity contribution in [2.45, 2.75) is 200 Å². The zero-order valence-electron chi connectivity index (χ0n) is 33.0. The van der Waals surface area contributed by atoms with Crippen LogP contribution in [0.2, 0.25) is 0 Å². The molecule has 0 amide bonds. The smallest absolute Gasteiger partial charge is 0.333 e. The molecule has 49 heavy (non-hydrogen) atoms. The fourth-order valence-corrected chi connectivity index (χ4v) is 7.26. The minimum absolute atomic E-state index is 0.00500. The first-order valence-corrected chi connectivity index (χ1v) is 22.4. The Morgan fingerprint density at radius 2 is 0.898 bits per heavy atom. The molecule has 1 unspecified atom stereocenters. The number of ether oxygens (including phenoxy) is 2. The maximum Gasteiger partial charge on any atom is 0.333 e. The van der Waals surface area contributed by atoms with Crippen molar-refractivity contribution in [3.63, 3.8) is 0 Å². The average molecular weight is 719 g/mol. The van der Waals surface area contributed by atoms with Crippen LogP contribution in [0.4, 0.5) is 0 Å². The van der Waals surface area contributed by atoms with Crippen LogP contribution in [0.15, 0.2) is 0 Å². The van der Waals surface area contributed by atoms with Crippen molar-refractivity contribution in [2.24, 2.45) is 0 Å². The van der Waals surface area contributed by atoms with E-state index in [2.05, 4.69) is 13.8 Å². The monoisotopic (exact) mass is 719 g/mol. The van der Waals surface area contributed by atoms with E-state index in [0.29, 0.717) is 17.4 Å². The highest BCUT2D eigenvalue weighted by atomic mass is 31.2. The highest BCUT2D eigenvalue weighted by Crippen LogP contribution is 2.42. The van der Waals surface area contributed by atoms with E-state index >= 15 is 0 Å². The first kappa shape index (κ1) is 48.0. The number of quaternary nitrogens is 1. The standard InChI is InChI=1S/C40H80NO7P/c1-6-8-10-12-14-16-18-20-22-24-26-28-30-32-39(42)46-36-38(37-47-49(44,45)35-34-41(3,4)5)48-40(43)33-31-29-27-25-23-21-19-17-15-13-11-9-7-2/h38H,6-37H2,1-5H3/p+1/t38-/m0/s1. The molecule has 0 aliphatic heterocycles. The summed E-state index contributed by atoms with van der Waals surface area (Å²) in [6.07, 6.45) is 31.8. The van der Waals surface area contributed by atoms with Crippen molar-refractivity contribution < 1.29 is 37.5 Å². The molecule has 2 atom stereocenters. The van der Waals surface area contributed by atoms with E-state index in [4.69, 9.17) is 14.0 Å². The number of carbonyl (C=O) groups excluding carboxylic acids is 2. The Balaban J connectivity index is 4.33. The van der Waals surface area contributed by atoms with Gasteiger partial charge in [-0.2, -0.15) is 0 Å². The van der Waals surface area contributed by atoms with Gasteiger partial charge in [-0.15, -0.1) is 0 Å². The minimum atomic E-state index is -3.88. The molecule has 0 radical (unpaired) electrons. The Kier molecular flexibility index (Phi) is 32.3.